The molecule has 1 fully saturated rings. The molecule has 0 spiro atoms. The molecule has 1 heterocycles. The van der Waals surface area contributed by atoms with Crippen LogP contribution in [0.3, 0.4) is 0 Å². The van der Waals surface area contributed by atoms with Crippen LogP contribution in [0.5, 0.6) is 5.75 Å². The molecular formula is C14H17NO5. The second-order valence-corrected chi connectivity index (χ2v) is 4.56. The average molecular weight is 279 g/mol. The van der Waals surface area contributed by atoms with Gasteiger partial charge in [0, 0.05) is 19.0 Å². The normalized spacial score (nSPS) is 14.3. The summed E-state index contributed by atoms with van der Waals surface area (Å²) in [4.78, 5) is 23.2. The van der Waals surface area contributed by atoms with Crippen LogP contribution >= 0.6 is 0 Å². The zero-order valence-electron chi connectivity index (χ0n) is 11.5. The first-order valence-electron chi connectivity index (χ1n) is 6.29. The van der Waals surface area contributed by atoms with Crippen LogP contribution in [-0.4, -0.2) is 45.9 Å². The number of benzene rings is 1. The van der Waals surface area contributed by atoms with Crippen LogP contribution < -0.4 is 10.1 Å². The Morgan fingerprint density at radius 1 is 1.10 bits per heavy atom. The van der Waals surface area contributed by atoms with Gasteiger partial charge in [-0.3, -0.25) is 0 Å². The van der Waals surface area contributed by atoms with Crippen molar-refractivity contribution in [3.05, 3.63) is 29.3 Å². The SMILES string of the molecule is COC(=O)c1cc(OCC2CNC2)cc(C(=O)OC)c1. The Morgan fingerprint density at radius 3 is 2.05 bits per heavy atom. The molecule has 0 bridgehead atoms. The standard InChI is InChI=1S/C14H17NO5/c1-18-13(16)10-3-11(14(17)19-2)5-12(4-10)20-8-9-6-15-7-9/h3-5,9,15H,6-8H2,1-2H3. The van der Waals surface area contributed by atoms with Crippen LogP contribution in [0.4, 0.5) is 0 Å². The van der Waals surface area contributed by atoms with Crippen molar-refractivity contribution in [2.75, 3.05) is 33.9 Å². The second kappa shape index (κ2) is 6.38. The van der Waals surface area contributed by atoms with Crippen LogP contribution in [0.15, 0.2) is 18.2 Å². The van der Waals surface area contributed by atoms with Gasteiger partial charge in [0.25, 0.3) is 0 Å². The molecule has 0 aromatic heterocycles. The lowest BCUT2D eigenvalue weighted by Gasteiger charge is -2.26. The lowest BCUT2D eigenvalue weighted by molar-refractivity contribution is 0.0598. The van der Waals surface area contributed by atoms with Crippen LogP contribution in [0.2, 0.25) is 0 Å². The number of rotatable bonds is 5. The van der Waals surface area contributed by atoms with Crippen LogP contribution in [0.1, 0.15) is 20.7 Å². The number of hydrogen-bond acceptors (Lipinski definition) is 6. The van der Waals surface area contributed by atoms with E-state index < -0.39 is 11.9 Å². The summed E-state index contributed by atoms with van der Waals surface area (Å²) >= 11 is 0. The first-order valence-corrected chi connectivity index (χ1v) is 6.29. The Labute approximate surface area is 117 Å². The molecule has 6 nitrogen and oxygen atoms in total. The molecule has 108 valence electrons. The number of esters is 2. The van der Waals surface area contributed by atoms with Crippen molar-refractivity contribution in [1.82, 2.24) is 5.32 Å². The van der Waals surface area contributed by atoms with Gasteiger partial charge in [0.1, 0.15) is 5.75 Å². The van der Waals surface area contributed by atoms with Gasteiger partial charge in [-0.1, -0.05) is 0 Å². The molecule has 0 saturated carbocycles. The van der Waals surface area contributed by atoms with Gasteiger partial charge in [-0.25, -0.2) is 9.59 Å². The van der Waals surface area contributed by atoms with Crippen molar-refractivity contribution >= 4 is 11.9 Å². The number of hydrogen-bond donors (Lipinski definition) is 1. The Hall–Kier alpha value is -2.08. The van der Waals surface area contributed by atoms with Crippen molar-refractivity contribution in [1.29, 1.82) is 0 Å². The Bertz CT molecular complexity index is 476. The number of nitrogens with one attached hydrogen (secondary N) is 1. The van der Waals surface area contributed by atoms with Crippen molar-refractivity contribution in [2.24, 2.45) is 5.92 Å². The third-order valence-corrected chi connectivity index (χ3v) is 3.10. The van der Waals surface area contributed by atoms with Crippen molar-refractivity contribution in [3.8, 4) is 5.75 Å². The molecule has 1 aliphatic rings. The summed E-state index contributed by atoms with van der Waals surface area (Å²) in [6, 6.07) is 4.55. The lowest BCUT2D eigenvalue weighted by atomic mass is 10.1. The minimum atomic E-state index is -0.522. The van der Waals surface area contributed by atoms with E-state index in [1.807, 2.05) is 0 Å². The minimum Gasteiger partial charge on any atom is -0.493 e. The quantitative estimate of drug-likeness (QED) is 0.806. The zero-order valence-corrected chi connectivity index (χ0v) is 11.5. The molecule has 1 N–H and O–H groups in total. The van der Waals surface area contributed by atoms with Gasteiger partial charge in [0.15, 0.2) is 0 Å². The predicted molar refractivity (Wildman–Crippen MR) is 71.0 cm³/mol. The number of carbonyl (C=O) groups excluding carboxylic acids is 2. The van der Waals surface area contributed by atoms with Gasteiger partial charge < -0.3 is 19.5 Å². The maximum Gasteiger partial charge on any atom is 0.338 e. The average Bonchev–Trinajstić information content (AvgIpc) is 2.43. The van der Waals surface area contributed by atoms with Gasteiger partial charge >= 0.3 is 11.9 Å². The highest BCUT2D eigenvalue weighted by atomic mass is 16.5. The Morgan fingerprint density at radius 2 is 1.65 bits per heavy atom. The molecule has 1 aromatic rings. The third kappa shape index (κ3) is 3.27. The van der Waals surface area contributed by atoms with E-state index in [4.69, 9.17) is 4.74 Å². The van der Waals surface area contributed by atoms with Crippen molar-refractivity contribution in [2.45, 2.75) is 0 Å². The second-order valence-electron chi connectivity index (χ2n) is 4.56. The number of methoxy groups -OCH3 is 2. The summed E-state index contributed by atoms with van der Waals surface area (Å²) in [7, 11) is 2.57. The van der Waals surface area contributed by atoms with E-state index in [1.165, 1.54) is 20.3 Å². The first-order chi connectivity index (χ1) is 9.63. The predicted octanol–water partition coefficient (Wildman–Crippen LogP) is 0.858. The first kappa shape index (κ1) is 14.3. The molecular weight excluding hydrogens is 262 g/mol. The van der Waals surface area contributed by atoms with Gasteiger partial charge in [-0.05, 0) is 18.2 Å². The van der Waals surface area contributed by atoms with Gasteiger partial charge in [0.05, 0.1) is 32.0 Å². The van der Waals surface area contributed by atoms with E-state index >= 15 is 0 Å². The fourth-order valence-corrected chi connectivity index (χ4v) is 1.83. The molecule has 6 heteroatoms. The Balaban J connectivity index is 2.19. The summed E-state index contributed by atoms with van der Waals surface area (Å²) in [6.07, 6.45) is 0. The van der Waals surface area contributed by atoms with Gasteiger partial charge in [-0.2, -0.15) is 0 Å². The minimum absolute atomic E-state index is 0.261. The number of carbonyl (C=O) groups is 2. The van der Waals surface area contributed by atoms with E-state index in [1.54, 1.807) is 12.1 Å². The van der Waals surface area contributed by atoms with E-state index in [0.29, 0.717) is 18.3 Å². The van der Waals surface area contributed by atoms with Gasteiger partial charge in [-0.15, -0.1) is 0 Å². The van der Waals surface area contributed by atoms with Crippen molar-refractivity contribution < 1.29 is 23.8 Å². The van der Waals surface area contributed by atoms with E-state index in [9.17, 15) is 9.59 Å². The summed E-state index contributed by atoms with van der Waals surface area (Å²) in [6.45, 7) is 2.37. The molecule has 1 saturated heterocycles. The summed E-state index contributed by atoms with van der Waals surface area (Å²) in [5.74, 6) is -0.129. The smallest absolute Gasteiger partial charge is 0.338 e. The Kier molecular flexibility index (Phi) is 4.57. The largest absolute Gasteiger partial charge is 0.493 e. The van der Waals surface area contributed by atoms with E-state index in [0.717, 1.165) is 13.1 Å². The topological polar surface area (TPSA) is 73.9 Å². The highest BCUT2D eigenvalue weighted by Gasteiger charge is 2.19. The fraction of sp³-hybridized carbons (Fsp3) is 0.429. The monoisotopic (exact) mass is 279 g/mol. The van der Waals surface area contributed by atoms with Crippen molar-refractivity contribution in [3.63, 3.8) is 0 Å². The molecule has 0 radical (unpaired) electrons. The molecule has 1 aliphatic heterocycles. The molecule has 1 aromatic carbocycles. The summed E-state index contributed by atoms with van der Waals surface area (Å²) < 4.78 is 14.9. The maximum absolute atomic E-state index is 11.6. The lowest BCUT2D eigenvalue weighted by Crippen LogP contribution is -2.45. The summed E-state index contributed by atoms with van der Waals surface area (Å²) in [5, 5.41) is 3.15. The molecule has 0 unspecified atom stereocenters. The highest BCUT2D eigenvalue weighted by molar-refractivity contribution is 5.96. The molecule has 0 atom stereocenters. The van der Waals surface area contributed by atoms with E-state index in [2.05, 4.69) is 14.8 Å². The molecule has 0 aliphatic carbocycles. The van der Waals surface area contributed by atoms with E-state index in [-0.39, 0.29) is 11.1 Å². The van der Waals surface area contributed by atoms with Gasteiger partial charge in [0.2, 0.25) is 0 Å². The fourth-order valence-electron chi connectivity index (χ4n) is 1.83. The molecule has 20 heavy (non-hydrogen) atoms. The number of ether oxygens (including phenoxy) is 3. The van der Waals surface area contributed by atoms with Crippen LogP contribution in [-0.2, 0) is 9.47 Å². The van der Waals surface area contributed by atoms with Crippen LogP contribution in [0, 0.1) is 5.92 Å². The maximum atomic E-state index is 11.6. The third-order valence-electron chi connectivity index (χ3n) is 3.10. The van der Waals surface area contributed by atoms with Crippen LogP contribution in [0.25, 0.3) is 0 Å². The molecule has 2 rings (SSSR count). The zero-order chi connectivity index (χ0) is 14.5. The summed E-state index contributed by atoms with van der Waals surface area (Å²) in [5.41, 5.74) is 0.522. The molecule has 0 amide bonds. The highest BCUT2D eigenvalue weighted by Crippen LogP contribution is 2.20.